The van der Waals surface area contributed by atoms with Crippen LogP contribution in [0.4, 0.5) is 0 Å². The van der Waals surface area contributed by atoms with Crippen molar-refractivity contribution in [3.8, 4) is 11.5 Å². The summed E-state index contributed by atoms with van der Waals surface area (Å²) in [5.74, 6) is 1.23. The first kappa shape index (κ1) is 20.4. The highest BCUT2D eigenvalue weighted by Crippen LogP contribution is 2.28. The summed E-state index contributed by atoms with van der Waals surface area (Å²) in [4.78, 5) is 12.5. The molecule has 1 atom stereocenters. The van der Waals surface area contributed by atoms with Crippen LogP contribution in [0.3, 0.4) is 0 Å². The number of hydrogen-bond acceptors (Lipinski definition) is 6. The van der Waals surface area contributed by atoms with Gasteiger partial charge in [0.25, 0.3) is 0 Å². The Hall–Kier alpha value is -3.35. The van der Waals surface area contributed by atoms with Crippen LogP contribution in [-0.4, -0.2) is 36.4 Å². The van der Waals surface area contributed by atoms with E-state index in [-0.39, 0.29) is 17.8 Å². The van der Waals surface area contributed by atoms with Gasteiger partial charge >= 0.3 is 11.8 Å². The standard InChI is InChI=1S/C22H25N3O4/c1-4-17(12-15-8-6-5-7-9-15)23-21(26)22-25-24-20(29-22)14-16-10-11-18(27-2)19(13-16)28-3/h5-11,13,17H,4,12,14H2,1-3H3,(H,23,26)/t17-/m1/s1. The first-order valence-electron chi connectivity index (χ1n) is 9.51. The van der Waals surface area contributed by atoms with Crippen molar-refractivity contribution in [1.29, 1.82) is 0 Å². The fourth-order valence-corrected chi connectivity index (χ4v) is 3.03. The van der Waals surface area contributed by atoms with Gasteiger partial charge in [0.2, 0.25) is 5.89 Å². The van der Waals surface area contributed by atoms with Gasteiger partial charge in [-0.25, -0.2) is 0 Å². The maximum Gasteiger partial charge on any atom is 0.309 e. The lowest BCUT2D eigenvalue weighted by Crippen LogP contribution is -2.36. The largest absolute Gasteiger partial charge is 0.493 e. The van der Waals surface area contributed by atoms with Crippen LogP contribution in [-0.2, 0) is 12.8 Å². The molecule has 0 aliphatic carbocycles. The van der Waals surface area contributed by atoms with Gasteiger partial charge < -0.3 is 19.2 Å². The zero-order valence-corrected chi connectivity index (χ0v) is 16.8. The van der Waals surface area contributed by atoms with Gasteiger partial charge in [0.15, 0.2) is 11.5 Å². The Morgan fingerprint density at radius 2 is 1.79 bits per heavy atom. The number of carbonyl (C=O) groups is 1. The zero-order valence-electron chi connectivity index (χ0n) is 16.8. The lowest BCUT2D eigenvalue weighted by atomic mass is 10.0. The molecule has 1 heterocycles. The molecule has 7 heteroatoms. The monoisotopic (exact) mass is 395 g/mol. The molecule has 7 nitrogen and oxygen atoms in total. The number of nitrogens with zero attached hydrogens (tertiary/aromatic N) is 2. The molecule has 0 bridgehead atoms. The molecule has 0 spiro atoms. The molecule has 2 aromatic carbocycles. The molecular formula is C22H25N3O4. The fourth-order valence-electron chi connectivity index (χ4n) is 3.03. The second-order valence-electron chi connectivity index (χ2n) is 6.64. The van der Waals surface area contributed by atoms with Crippen molar-refractivity contribution in [2.45, 2.75) is 32.2 Å². The summed E-state index contributed by atoms with van der Waals surface area (Å²) in [6.45, 7) is 2.03. The summed E-state index contributed by atoms with van der Waals surface area (Å²) in [6, 6.07) is 15.6. The second kappa shape index (κ2) is 9.73. The molecule has 152 valence electrons. The van der Waals surface area contributed by atoms with E-state index in [0.717, 1.165) is 18.4 Å². The minimum atomic E-state index is -0.362. The summed E-state index contributed by atoms with van der Waals surface area (Å²) in [6.07, 6.45) is 1.94. The number of hydrogen-bond donors (Lipinski definition) is 1. The Kier molecular flexibility index (Phi) is 6.84. The van der Waals surface area contributed by atoms with Gasteiger partial charge in [0.05, 0.1) is 20.6 Å². The van der Waals surface area contributed by atoms with Gasteiger partial charge in [-0.1, -0.05) is 43.3 Å². The van der Waals surface area contributed by atoms with Crippen molar-refractivity contribution in [2.75, 3.05) is 14.2 Å². The van der Waals surface area contributed by atoms with E-state index in [4.69, 9.17) is 13.9 Å². The maximum atomic E-state index is 12.5. The molecule has 3 rings (SSSR count). The Labute approximate surface area is 170 Å². The van der Waals surface area contributed by atoms with Gasteiger partial charge in [-0.15, -0.1) is 10.2 Å². The second-order valence-corrected chi connectivity index (χ2v) is 6.64. The van der Waals surface area contributed by atoms with E-state index in [0.29, 0.717) is 23.8 Å². The van der Waals surface area contributed by atoms with Gasteiger partial charge in [-0.2, -0.15) is 0 Å². The number of methoxy groups -OCH3 is 2. The summed E-state index contributed by atoms with van der Waals surface area (Å²) in [5, 5.41) is 10.9. The quantitative estimate of drug-likeness (QED) is 0.597. The van der Waals surface area contributed by atoms with Crippen LogP contribution < -0.4 is 14.8 Å². The molecular weight excluding hydrogens is 370 g/mol. The lowest BCUT2D eigenvalue weighted by Gasteiger charge is -2.15. The van der Waals surface area contributed by atoms with Crippen LogP contribution in [0.1, 0.15) is 41.0 Å². The number of amides is 1. The minimum absolute atomic E-state index is 0.00824. The Morgan fingerprint density at radius 3 is 2.48 bits per heavy atom. The van der Waals surface area contributed by atoms with E-state index < -0.39 is 0 Å². The van der Waals surface area contributed by atoms with Crippen LogP contribution in [0.2, 0.25) is 0 Å². The van der Waals surface area contributed by atoms with Crippen molar-refractivity contribution >= 4 is 5.91 Å². The highest BCUT2D eigenvalue weighted by molar-refractivity contribution is 5.89. The first-order valence-corrected chi connectivity index (χ1v) is 9.51. The van der Waals surface area contributed by atoms with Crippen molar-refractivity contribution < 1.29 is 18.7 Å². The van der Waals surface area contributed by atoms with E-state index in [9.17, 15) is 4.79 Å². The van der Waals surface area contributed by atoms with Crippen LogP contribution in [0, 0.1) is 0 Å². The van der Waals surface area contributed by atoms with Crippen LogP contribution >= 0.6 is 0 Å². The maximum absolute atomic E-state index is 12.5. The van der Waals surface area contributed by atoms with Crippen LogP contribution in [0.25, 0.3) is 0 Å². The van der Waals surface area contributed by atoms with Crippen LogP contribution in [0.15, 0.2) is 52.9 Å². The highest BCUT2D eigenvalue weighted by Gasteiger charge is 2.19. The van der Waals surface area contributed by atoms with Crippen molar-refractivity contribution in [2.24, 2.45) is 0 Å². The molecule has 0 saturated heterocycles. The smallest absolute Gasteiger partial charge is 0.309 e. The van der Waals surface area contributed by atoms with Gasteiger partial charge in [-0.3, -0.25) is 4.79 Å². The topological polar surface area (TPSA) is 86.5 Å². The van der Waals surface area contributed by atoms with E-state index in [2.05, 4.69) is 15.5 Å². The number of aromatic nitrogens is 2. The lowest BCUT2D eigenvalue weighted by molar-refractivity contribution is 0.0899. The third-order valence-corrected chi connectivity index (χ3v) is 4.62. The van der Waals surface area contributed by atoms with E-state index >= 15 is 0 Å². The molecule has 0 unspecified atom stereocenters. The SMILES string of the molecule is CC[C@H](Cc1ccccc1)NC(=O)c1nnc(Cc2ccc(OC)c(OC)c2)o1. The fraction of sp³-hybridized carbons (Fsp3) is 0.318. The van der Waals surface area contributed by atoms with Gasteiger partial charge in [-0.05, 0) is 36.1 Å². The number of carbonyl (C=O) groups excluding carboxylic acids is 1. The number of ether oxygens (including phenoxy) is 2. The molecule has 1 N–H and O–H groups in total. The highest BCUT2D eigenvalue weighted by atomic mass is 16.5. The predicted octanol–water partition coefficient (Wildman–Crippen LogP) is 3.43. The number of rotatable bonds is 9. The third-order valence-electron chi connectivity index (χ3n) is 4.62. The van der Waals surface area contributed by atoms with Crippen molar-refractivity contribution in [3.63, 3.8) is 0 Å². The average Bonchev–Trinajstić information content (AvgIpc) is 3.22. The van der Waals surface area contributed by atoms with E-state index in [1.807, 2.05) is 55.5 Å². The molecule has 0 aliphatic heterocycles. The van der Waals surface area contributed by atoms with Gasteiger partial charge in [0, 0.05) is 6.04 Å². The minimum Gasteiger partial charge on any atom is -0.493 e. The van der Waals surface area contributed by atoms with Crippen molar-refractivity contribution in [3.05, 3.63) is 71.4 Å². The summed E-state index contributed by atoms with van der Waals surface area (Å²) >= 11 is 0. The molecule has 0 saturated carbocycles. The van der Waals surface area contributed by atoms with Gasteiger partial charge in [0.1, 0.15) is 0 Å². The summed E-state index contributed by atoms with van der Waals surface area (Å²) in [5.41, 5.74) is 2.08. The zero-order chi connectivity index (χ0) is 20.6. The number of benzene rings is 2. The Balaban J connectivity index is 1.63. The molecule has 0 aliphatic rings. The normalized spacial score (nSPS) is 11.7. The Bertz CT molecular complexity index is 940. The molecule has 3 aromatic rings. The van der Waals surface area contributed by atoms with E-state index in [1.165, 1.54) is 5.56 Å². The first-order chi connectivity index (χ1) is 14.1. The van der Waals surface area contributed by atoms with Crippen LogP contribution in [0.5, 0.6) is 11.5 Å². The molecule has 1 amide bonds. The van der Waals surface area contributed by atoms with E-state index in [1.54, 1.807) is 14.2 Å². The van der Waals surface area contributed by atoms with Crippen molar-refractivity contribution in [1.82, 2.24) is 15.5 Å². The molecule has 1 aromatic heterocycles. The average molecular weight is 395 g/mol. The summed E-state index contributed by atoms with van der Waals surface area (Å²) in [7, 11) is 3.16. The third kappa shape index (κ3) is 5.34. The molecule has 0 radical (unpaired) electrons. The number of nitrogens with one attached hydrogen (secondary N) is 1. The predicted molar refractivity (Wildman–Crippen MR) is 108 cm³/mol. The Morgan fingerprint density at radius 1 is 1.03 bits per heavy atom. The molecule has 29 heavy (non-hydrogen) atoms. The summed E-state index contributed by atoms with van der Waals surface area (Å²) < 4.78 is 16.1. The molecule has 0 fully saturated rings.